The Kier molecular flexibility index (Phi) is 2.30. The summed E-state index contributed by atoms with van der Waals surface area (Å²) in [6.07, 6.45) is -0.221. The third kappa shape index (κ3) is 1.42. The molecule has 2 atom stereocenters. The van der Waals surface area contributed by atoms with E-state index in [4.69, 9.17) is 4.74 Å². The number of rotatable bonds is 1. The van der Waals surface area contributed by atoms with Gasteiger partial charge >= 0.3 is 0 Å². The molecule has 1 fully saturated rings. The zero-order chi connectivity index (χ0) is 12.0. The molecule has 0 aliphatic carbocycles. The fourth-order valence-electron chi connectivity index (χ4n) is 2.57. The summed E-state index contributed by atoms with van der Waals surface area (Å²) in [6, 6.07) is 10.1. The predicted octanol–water partition coefficient (Wildman–Crippen LogP) is 2.26. The second kappa shape index (κ2) is 3.70. The quantitative estimate of drug-likeness (QED) is 0.739. The van der Waals surface area contributed by atoms with E-state index in [1.54, 1.807) is 0 Å². The van der Waals surface area contributed by atoms with Crippen molar-refractivity contribution < 1.29 is 9.53 Å². The fourth-order valence-corrected chi connectivity index (χ4v) is 2.57. The highest BCUT2D eigenvalue weighted by molar-refractivity contribution is 5.97. The molecule has 2 aliphatic rings. The van der Waals surface area contributed by atoms with Gasteiger partial charge < -0.3 is 4.74 Å². The molecule has 0 N–H and O–H groups in total. The summed E-state index contributed by atoms with van der Waals surface area (Å²) in [5.41, 5.74) is 3.07. The number of fused-ring (bicyclic) bond motifs is 1. The lowest BCUT2D eigenvalue weighted by molar-refractivity contribution is -0.131. The molecule has 3 rings (SSSR count). The number of ether oxygens (including phenoxy) is 1. The first-order valence-corrected chi connectivity index (χ1v) is 5.86. The average Bonchev–Trinajstić information content (AvgIpc) is 2.88. The van der Waals surface area contributed by atoms with E-state index in [1.165, 1.54) is 0 Å². The van der Waals surface area contributed by atoms with E-state index in [-0.39, 0.29) is 18.2 Å². The van der Waals surface area contributed by atoms with Crippen LogP contribution in [0.2, 0.25) is 0 Å². The molecule has 0 bridgehead atoms. The summed E-state index contributed by atoms with van der Waals surface area (Å²) in [5.74, 6) is 0.110. The van der Waals surface area contributed by atoms with Crippen LogP contribution >= 0.6 is 0 Å². The Morgan fingerprint density at radius 3 is 2.65 bits per heavy atom. The van der Waals surface area contributed by atoms with Crippen molar-refractivity contribution in [2.24, 2.45) is 0 Å². The summed E-state index contributed by atoms with van der Waals surface area (Å²) in [7, 11) is 0. The summed E-state index contributed by atoms with van der Waals surface area (Å²) in [4.78, 5) is 14.0. The number of carbonyl (C=O) groups is 1. The van der Waals surface area contributed by atoms with E-state index in [2.05, 4.69) is 0 Å². The largest absolute Gasteiger partial charge is 0.351 e. The number of nitrogens with zero attached hydrogens (tertiary/aromatic N) is 1. The van der Waals surface area contributed by atoms with E-state index in [1.807, 2.05) is 49.1 Å². The summed E-state index contributed by atoms with van der Waals surface area (Å²) in [6.45, 7) is 4.53. The minimum atomic E-state index is -0.221. The molecule has 88 valence electrons. The van der Waals surface area contributed by atoms with Gasteiger partial charge in [0, 0.05) is 11.1 Å². The van der Waals surface area contributed by atoms with E-state index in [9.17, 15) is 4.79 Å². The van der Waals surface area contributed by atoms with E-state index in [0.717, 1.165) is 16.7 Å². The van der Waals surface area contributed by atoms with Gasteiger partial charge in [-0.1, -0.05) is 30.3 Å². The maximum absolute atomic E-state index is 12.2. The fraction of sp³-hybridized carbons (Fsp3) is 0.357. The Balaban J connectivity index is 1.96. The van der Waals surface area contributed by atoms with Crippen LogP contribution in [0.3, 0.4) is 0 Å². The van der Waals surface area contributed by atoms with Crippen LogP contribution in [0.25, 0.3) is 0 Å². The molecule has 3 nitrogen and oxygen atoms in total. The lowest BCUT2D eigenvalue weighted by Gasteiger charge is -2.23. The first-order chi connectivity index (χ1) is 8.20. The van der Waals surface area contributed by atoms with Crippen LogP contribution in [-0.2, 0) is 9.53 Å². The van der Waals surface area contributed by atoms with Gasteiger partial charge in [-0.2, -0.15) is 0 Å². The Morgan fingerprint density at radius 2 is 1.94 bits per heavy atom. The number of hydrogen-bond donors (Lipinski definition) is 0. The van der Waals surface area contributed by atoms with Crippen LogP contribution in [-0.4, -0.2) is 23.5 Å². The minimum absolute atomic E-state index is 0.110. The first-order valence-electron chi connectivity index (χ1n) is 5.86. The Bertz CT molecular complexity index is 492. The second-order valence-electron chi connectivity index (χ2n) is 4.63. The van der Waals surface area contributed by atoms with E-state index >= 15 is 0 Å². The molecular formula is C14H15NO2. The first kappa shape index (κ1) is 10.5. The number of hydrogen-bond acceptors (Lipinski definition) is 2. The van der Waals surface area contributed by atoms with Gasteiger partial charge in [-0.15, -0.1) is 0 Å². The Labute approximate surface area is 101 Å². The van der Waals surface area contributed by atoms with Crippen LogP contribution in [0.1, 0.15) is 25.6 Å². The van der Waals surface area contributed by atoms with Crippen molar-refractivity contribution in [2.45, 2.75) is 26.1 Å². The zero-order valence-electron chi connectivity index (χ0n) is 10.0. The maximum atomic E-state index is 12.2. The monoisotopic (exact) mass is 229 g/mol. The lowest BCUT2D eigenvalue weighted by atomic mass is 10.1. The highest BCUT2D eigenvalue weighted by atomic mass is 16.5. The van der Waals surface area contributed by atoms with Gasteiger partial charge in [-0.05, 0) is 19.4 Å². The van der Waals surface area contributed by atoms with Gasteiger partial charge in [0.25, 0.3) is 5.91 Å². The van der Waals surface area contributed by atoms with Gasteiger partial charge in [-0.25, -0.2) is 0 Å². The summed E-state index contributed by atoms with van der Waals surface area (Å²) in [5, 5.41) is 0. The van der Waals surface area contributed by atoms with Crippen molar-refractivity contribution >= 4 is 5.91 Å². The van der Waals surface area contributed by atoms with Gasteiger partial charge in [-0.3, -0.25) is 9.69 Å². The summed E-state index contributed by atoms with van der Waals surface area (Å²) < 4.78 is 5.77. The molecule has 0 radical (unpaired) electrons. The molecule has 1 aromatic rings. The standard InChI is InChI=1S/C14H15NO2/c1-9-10(2)13(16)15-12(9)8-17-14(15)11-6-4-3-5-7-11/h3-7,12,14H,8H2,1-2H3/t12-,14?/m0/s1. The van der Waals surface area contributed by atoms with Crippen molar-refractivity contribution in [1.82, 2.24) is 4.90 Å². The minimum Gasteiger partial charge on any atom is -0.351 e. The van der Waals surface area contributed by atoms with Gasteiger partial charge in [0.2, 0.25) is 0 Å². The van der Waals surface area contributed by atoms with E-state index < -0.39 is 0 Å². The molecule has 1 aromatic carbocycles. The molecule has 1 amide bonds. The molecule has 17 heavy (non-hydrogen) atoms. The number of amides is 1. The van der Waals surface area contributed by atoms with Crippen LogP contribution < -0.4 is 0 Å². The zero-order valence-corrected chi connectivity index (χ0v) is 10.0. The van der Waals surface area contributed by atoms with Crippen molar-refractivity contribution in [3.8, 4) is 0 Å². The molecule has 0 spiro atoms. The van der Waals surface area contributed by atoms with Gasteiger partial charge in [0.05, 0.1) is 12.6 Å². The van der Waals surface area contributed by atoms with Crippen LogP contribution in [0.4, 0.5) is 0 Å². The molecule has 1 saturated heterocycles. The van der Waals surface area contributed by atoms with Crippen LogP contribution in [0.15, 0.2) is 41.5 Å². The summed E-state index contributed by atoms with van der Waals surface area (Å²) >= 11 is 0. The van der Waals surface area contributed by atoms with Crippen molar-refractivity contribution in [2.75, 3.05) is 6.61 Å². The Hall–Kier alpha value is -1.61. The van der Waals surface area contributed by atoms with Crippen molar-refractivity contribution in [3.63, 3.8) is 0 Å². The van der Waals surface area contributed by atoms with E-state index in [0.29, 0.717) is 6.61 Å². The highest BCUT2D eigenvalue weighted by Gasteiger charge is 2.45. The second-order valence-corrected chi connectivity index (χ2v) is 4.63. The van der Waals surface area contributed by atoms with Crippen LogP contribution in [0.5, 0.6) is 0 Å². The SMILES string of the molecule is CC1=C(C)[C@@H]2COC(c3ccccc3)N2C1=O. The van der Waals surface area contributed by atoms with Crippen LogP contribution in [0, 0.1) is 0 Å². The average molecular weight is 229 g/mol. The smallest absolute Gasteiger partial charge is 0.252 e. The normalized spacial score (nSPS) is 27.9. The number of benzene rings is 1. The molecule has 3 heteroatoms. The predicted molar refractivity (Wildman–Crippen MR) is 64.1 cm³/mol. The highest BCUT2D eigenvalue weighted by Crippen LogP contribution is 2.39. The third-order valence-electron chi connectivity index (χ3n) is 3.73. The molecule has 2 heterocycles. The maximum Gasteiger partial charge on any atom is 0.252 e. The molecular weight excluding hydrogens is 214 g/mol. The lowest BCUT2D eigenvalue weighted by Crippen LogP contribution is -2.33. The molecule has 0 saturated carbocycles. The molecule has 0 aromatic heterocycles. The number of carbonyl (C=O) groups excluding carboxylic acids is 1. The van der Waals surface area contributed by atoms with Gasteiger partial charge in [0.1, 0.15) is 0 Å². The topological polar surface area (TPSA) is 29.5 Å². The Morgan fingerprint density at radius 1 is 1.24 bits per heavy atom. The molecule has 2 aliphatic heterocycles. The third-order valence-corrected chi connectivity index (χ3v) is 3.73. The van der Waals surface area contributed by atoms with Gasteiger partial charge in [0.15, 0.2) is 6.23 Å². The molecule has 1 unspecified atom stereocenters. The van der Waals surface area contributed by atoms with Crippen molar-refractivity contribution in [3.05, 3.63) is 47.0 Å². The van der Waals surface area contributed by atoms with Crippen molar-refractivity contribution in [1.29, 1.82) is 0 Å².